The van der Waals surface area contributed by atoms with Crippen LogP contribution in [0, 0.1) is 5.92 Å². The Balaban J connectivity index is 1.76. The molecule has 0 aliphatic carbocycles. The zero-order valence-corrected chi connectivity index (χ0v) is 11.9. The zero-order valence-electron chi connectivity index (χ0n) is 11.1. The van der Waals surface area contributed by atoms with Gasteiger partial charge in [0, 0.05) is 17.5 Å². The van der Waals surface area contributed by atoms with Crippen molar-refractivity contribution in [3.05, 3.63) is 34.9 Å². The zero-order chi connectivity index (χ0) is 14.4. The average Bonchev–Trinajstić information content (AvgIpc) is 2.46. The first-order valence-electron chi connectivity index (χ1n) is 6.69. The normalized spacial score (nSPS) is 15.7. The van der Waals surface area contributed by atoms with E-state index >= 15 is 0 Å². The summed E-state index contributed by atoms with van der Waals surface area (Å²) in [5.74, 6) is -0.275. The molecular weight excluding hydrogens is 278 g/mol. The van der Waals surface area contributed by atoms with Crippen LogP contribution in [0.1, 0.15) is 18.4 Å². The van der Waals surface area contributed by atoms with Crippen LogP contribution >= 0.6 is 11.6 Å². The van der Waals surface area contributed by atoms with Crippen molar-refractivity contribution in [2.24, 2.45) is 5.92 Å². The largest absolute Gasteiger partial charge is 0.334 e. The molecule has 1 aromatic carbocycles. The van der Waals surface area contributed by atoms with Gasteiger partial charge in [0.05, 0.1) is 0 Å². The third-order valence-corrected chi connectivity index (χ3v) is 3.52. The standard InChI is InChI=1S/C14H18ClN3O2/c15-12-3-1-2-10(8-12)9-17-14(20)18-13(19)11-4-6-16-7-5-11/h1-3,8,11,16H,4-7,9H2,(H2,17,18,19,20). The van der Waals surface area contributed by atoms with Gasteiger partial charge in [-0.05, 0) is 43.6 Å². The number of carbonyl (C=O) groups excluding carboxylic acids is 2. The topological polar surface area (TPSA) is 70.2 Å². The summed E-state index contributed by atoms with van der Waals surface area (Å²) in [4.78, 5) is 23.5. The molecule has 6 heteroatoms. The Morgan fingerprint density at radius 2 is 2.05 bits per heavy atom. The molecule has 0 radical (unpaired) electrons. The van der Waals surface area contributed by atoms with Gasteiger partial charge in [-0.15, -0.1) is 0 Å². The van der Waals surface area contributed by atoms with Crippen LogP contribution in [-0.4, -0.2) is 25.0 Å². The first kappa shape index (κ1) is 14.8. The minimum Gasteiger partial charge on any atom is -0.334 e. The maximum absolute atomic E-state index is 11.9. The highest BCUT2D eigenvalue weighted by Gasteiger charge is 2.22. The summed E-state index contributed by atoms with van der Waals surface area (Å²) < 4.78 is 0. The molecule has 2 rings (SSSR count). The van der Waals surface area contributed by atoms with E-state index in [9.17, 15) is 9.59 Å². The highest BCUT2D eigenvalue weighted by atomic mass is 35.5. The van der Waals surface area contributed by atoms with Crippen LogP contribution in [0.5, 0.6) is 0 Å². The fraction of sp³-hybridized carbons (Fsp3) is 0.429. The Morgan fingerprint density at radius 1 is 1.30 bits per heavy atom. The molecule has 1 heterocycles. The highest BCUT2D eigenvalue weighted by molar-refractivity contribution is 6.30. The van der Waals surface area contributed by atoms with Crippen LogP contribution in [0.4, 0.5) is 4.79 Å². The summed E-state index contributed by atoms with van der Waals surface area (Å²) in [6.07, 6.45) is 1.54. The third-order valence-electron chi connectivity index (χ3n) is 3.29. The Kier molecular flexibility index (Phi) is 5.38. The summed E-state index contributed by atoms with van der Waals surface area (Å²) in [5, 5.41) is 8.84. The molecule has 0 saturated carbocycles. The van der Waals surface area contributed by atoms with Crippen LogP contribution in [0.15, 0.2) is 24.3 Å². The van der Waals surface area contributed by atoms with Crippen molar-refractivity contribution < 1.29 is 9.59 Å². The summed E-state index contributed by atoms with van der Waals surface area (Å²) >= 11 is 5.86. The molecule has 1 saturated heterocycles. The minimum atomic E-state index is -0.464. The molecule has 0 bridgehead atoms. The van der Waals surface area contributed by atoms with Crippen molar-refractivity contribution in [3.8, 4) is 0 Å². The Hall–Kier alpha value is -1.59. The predicted molar refractivity (Wildman–Crippen MR) is 77.4 cm³/mol. The van der Waals surface area contributed by atoms with Crippen LogP contribution in [0.2, 0.25) is 5.02 Å². The lowest BCUT2D eigenvalue weighted by Crippen LogP contribution is -2.44. The minimum absolute atomic E-state index is 0.0758. The first-order valence-corrected chi connectivity index (χ1v) is 7.07. The van der Waals surface area contributed by atoms with Crippen molar-refractivity contribution in [1.82, 2.24) is 16.0 Å². The van der Waals surface area contributed by atoms with Crippen molar-refractivity contribution in [3.63, 3.8) is 0 Å². The van der Waals surface area contributed by atoms with E-state index in [2.05, 4.69) is 16.0 Å². The summed E-state index contributed by atoms with van der Waals surface area (Å²) in [6, 6.07) is 6.76. The number of hydrogen-bond acceptors (Lipinski definition) is 3. The van der Waals surface area contributed by atoms with Crippen LogP contribution in [0.25, 0.3) is 0 Å². The smallest absolute Gasteiger partial charge is 0.321 e. The van der Waals surface area contributed by atoms with Gasteiger partial charge in [0.2, 0.25) is 5.91 Å². The van der Waals surface area contributed by atoms with Gasteiger partial charge in [0.1, 0.15) is 0 Å². The van der Waals surface area contributed by atoms with E-state index in [0.717, 1.165) is 31.5 Å². The summed E-state index contributed by atoms with van der Waals surface area (Å²) in [5.41, 5.74) is 0.891. The molecule has 5 nitrogen and oxygen atoms in total. The van der Waals surface area contributed by atoms with E-state index in [1.54, 1.807) is 12.1 Å². The average molecular weight is 296 g/mol. The maximum atomic E-state index is 11.9. The highest BCUT2D eigenvalue weighted by Crippen LogP contribution is 2.11. The van der Waals surface area contributed by atoms with E-state index < -0.39 is 6.03 Å². The van der Waals surface area contributed by atoms with Crippen molar-refractivity contribution in [1.29, 1.82) is 0 Å². The van der Waals surface area contributed by atoms with Crippen molar-refractivity contribution >= 4 is 23.5 Å². The van der Waals surface area contributed by atoms with E-state index in [0.29, 0.717) is 11.6 Å². The fourth-order valence-electron chi connectivity index (χ4n) is 2.17. The lowest BCUT2D eigenvalue weighted by atomic mass is 9.97. The Morgan fingerprint density at radius 3 is 2.75 bits per heavy atom. The van der Waals surface area contributed by atoms with Crippen LogP contribution in [-0.2, 0) is 11.3 Å². The van der Waals surface area contributed by atoms with Gasteiger partial charge in [-0.25, -0.2) is 4.79 Å². The monoisotopic (exact) mass is 295 g/mol. The first-order chi connectivity index (χ1) is 9.65. The number of carbonyl (C=O) groups is 2. The molecule has 0 aromatic heterocycles. The van der Waals surface area contributed by atoms with Gasteiger partial charge in [-0.3, -0.25) is 10.1 Å². The number of imide groups is 1. The van der Waals surface area contributed by atoms with Gasteiger partial charge >= 0.3 is 6.03 Å². The molecule has 108 valence electrons. The third kappa shape index (κ3) is 4.51. The molecule has 1 aliphatic rings. The summed E-state index contributed by atoms with van der Waals surface area (Å²) in [7, 11) is 0. The molecule has 0 unspecified atom stereocenters. The van der Waals surface area contributed by atoms with Gasteiger partial charge in [-0.1, -0.05) is 23.7 Å². The number of rotatable bonds is 3. The molecule has 1 fully saturated rings. The molecule has 3 amide bonds. The predicted octanol–water partition coefficient (Wildman–Crippen LogP) is 1.67. The molecule has 20 heavy (non-hydrogen) atoms. The number of halogens is 1. The molecule has 0 atom stereocenters. The number of amides is 3. The van der Waals surface area contributed by atoms with Crippen molar-refractivity contribution in [2.75, 3.05) is 13.1 Å². The molecule has 1 aromatic rings. The SMILES string of the molecule is O=C(NCc1cccc(Cl)c1)NC(=O)C1CCNCC1. The molecule has 3 N–H and O–H groups in total. The van der Waals surface area contributed by atoms with E-state index in [1.165, 1.54) is 0 Å². The van der Waals surface area contributed by atoms with Crippen molar-refractivity contribution in [2.45, 2.75) is 19.4 Å². The summed E-state index contributed by atoms with van der Waals surface area (Å²) in [6.45, 7) is 1.98. The Labute approximate surface area is 123 Å². The van der Waals surface area contributed by atoms with E-state index in [4.69, 9.17) is 11.6 Å². The van der Waals surface area contributed by atoms with Crippen LogP contribution in [0.3, 0.4) is 0 Å². The van der Waals surface area contributed by atoms with Gasteiger partial charge < -0.3 is 10.6 Å². The number of urea groups is 1. The number of hydrogen-bond donors (Lipinski definition) is 3. The van der Waals surface area contributed by atoms with Crippen LogP contribution < -0.4 is 16.0 Å². The molecule has 0 spiro atoms. The lowest BCUT2D eigenvalue weighted by Gasteiger charge is -2.21. The molecular formula is C14H18ClN3O2. The maximum Gasteiger partial charge on any atom is 0.321 e. The number of piperidine rings is 1. The second kappa shape index (κ2) is 7.26. The van der Waals surface area contributed by atoms with Gasteiger partial charge in [0.25, 0.3) is 0 Å². The van der Waals surface area contributed by atoms with Gasteiger partial charge in [-0.2, -0.15) is 0 Å². The number of nitrogens with one attached hydrogen (secondary N) is 3. The van der Waals surface area contributed by atoms with Gasteiger partial charge in [0.15, 0.2) is 0 Å². The van der Waals surface area contributed by atoms with E-state index in [1.807, 2.05) is 12.1 Å². The lowest BCUT2D eigenvalue weighted by molar-refractivity contribution is -0.124. The Bertz CT molecular complexity index is 487. The number of benzene rings is 1. The fourth-order valence-corrected chi connectivity index (χ4v) is 2.38. The quantitative estimate of drug-likeness (QED) is 0.794. The second-order valence-electron chi connectivity index (χ2n) is 4.83. The second-order valence-corrected chi connectivity index (χ2v) is 5.26. The van der Waals surface area contributed by atoms with E-state index in [-0.39, 0.29) is 11.8 Å². The molecule has 1 aliphatic heterocycles.